The number of benzene rings is 2. The molecule has 0 bridgehead atoms. The molecule has 0 saturated heterocycles. The third-order valence-electron chi connectivity index (χ3n) is 4.80. The van der Waals surface area contributed by atoms with E-state index in [4.69, 9.17) is 0 Å². The molecular weight excluding hydrogens is 373 g/mol. The van der Waals surface area contributed by atoms with Gasteiger partial charge in [0.05, 0.1) is 15.1 Å². The lowest BCUT2D eigenvalue weighted by Crippen LogP contribution is -2.38. The first-order valence-corrected chi connectivity index (χ1v) is 10.6. The summed E-state index contributed by atoms with van der Waals surface area (Å²) in [5.41, 5.74) is 0.558. The number of alkyl halides is 1. The summed E-state index contributed by atoms with van der Waals surface area (Å²) in [4.78, 5) is 16.0. The van der Waals surface area contributed by atoms with Crippen LogP contribution in [0.4, 0.5) is 4.39 Å². The smallest absolute Gasteiger partial charge is 0.269 e. The van der Waals surface area contributed by atoms with Crippen LogP contribution in [0.15, 0.2) is 59.5 Å². The average molecular weight is 389 g/mol. The molecule has 1 aliphatic rings. The van der Waals surface area contributed by atoms with E-state index in [9.17, 15) is 13.2 Å². The monoisotopic (exact) mass is 389 g/mol. The fourth-order valence-corrected chi connectivity index (χ4v) is 6.68. The highest BCUT2D eigenvalue weighted by Gasteiger charge is 2.57. The topological polar surface area (TPSA) is 64.1 Å². The Labute approximate surface area is 154 Å². The number of halogens is 1. The summed E-state index contributed by atoms with van der Waals surface area (Å²) in [6.07, 6.45) is 0.321. The van der Waals surface area contributed by atoms with Gasteiger partial charge in [-0.1, -0.05) is 30.3 Å². The summed E-state index contributed by atoms with van der Waals surface area (Å²) in [5.74, 6) is -1.04. The second-order valence-electron chi connectivity index (χ2n) is 6.43. The van der Waals surface area contributed by atoms with Gasteiger partial charge in [0.1, 0.15) is 10.8 Å². The zero-order valence-electron chi connectivity index (χ0n) is 13.8. The van der Waals surface area contributed by atoms with Crippen LogP contribution in [0.2, 0.25) is 0 Å². The number of nitrogens with zero attached hydrogens (tertiary/aromatic N) is 1. The Balaban J connectivity index is 1.94. The predicted octanol–water partition coefficient (Wildman–Crippen LogP) is 4.26. The van der Waals surface area contributed by atoms with Crippen molar-refractivity contribution in [3.63, 3.8) is 0 Å². The van der Waals surface area contributed by atoms with Crippen LogP contribution in [0.3, 0.4) is 0 Å². The van der Waals surface area contributed by atoms with Gasteiger partial charge in [-0.15, -0.1) is 11.3 Å². The van der Waals surface area contributed by atoms with Crippen LogP contribution >= 0.6 is 11.3 Å². The lowest BCUT2D eigenvalue weighted by Gasteiger charge is -2.28. The second kappa shape index (κ2) is 6.25. The van der Waals surface area contributed by atoms with E-state index in [0.29, 0.717) is 5.52 Å². The molecule has 134 valence electrons. The Kier molecular flexibility index (Phi) is 4.16. The van der Waals surface area contributed by atoms with E-state index in [0.717, 1.165) is 16.0 Å². The summed E-state index contributed by atoms with van der Waals surface area (Å²) in [5, 5.41) is -2.81. The predicted molar refractivity (Wildman–Crippen MR) is 98.4 cm³/mol. The molecule has 1 aromatic heterocycles. The third-order valence-corrected chi connectivity index (χ3v) is 8.28. The van der Waals surface area contributed by atoms with Gasteiger partial charge >= 0.3 is 0 Å². The molecular formula is C19H16FNO3S2. The number of para-hydroxylation sites is 1. The molecule has 0 radical (unpaired) electrons. The molecule has 4 rings (SSSR count). The number of thiazole rings is 1. The number of Topliss-reactive ketones (excluding diaryl/α,β-unsaturated/α-hetero) is 1. The van der Waals surface area contributed by atoms with Crippen molar-refractivity contribution < 1.29 is 17.6 Å². The van der Waals surface area contributed by atoms with E-state index in [1.165, 1.54) is 12.1 Å². The van der Waals surface area contributed by atoms with Crippen LogP contribution < -0.4 is 0 Å². The molecule has 7 heteroatoms. The lowest BCUT2D eigenvalue weighted by atomic mass is 10.0. The number of carbonyl (C=O) groups is 1. The quantitative estimate of drug-likeness (QED) is 0.669. The summed E-state index contributed by atoms with van der Waals surface area (Å²) in [6.45, 7) is 0. The summed E-state index contributed by atoms with van der Waals surface area (Å²) < 4.78 is 43.8. The van der Waals surface area contributed by atoms with Gasteiger partial charge in [-0.2, -0.15) is 0 Å². The molecule has 26 heavy (non-hydrogen) atoms. The number of fused-ring (bicyclic) bond motifs is 1. The van der Waals surface area contributed by atoms with Crippen molar-refractivity contribution in [1.82, 2.24) is 4.98 Å². The first kappa shape index (κ1) is 17.3. The molecule has 1 heterocycles. The van der Waals surface area contributed by atoms with Gasteiger partial charge in [-0.25, -0.2) is 17.8 Å². The Morgan fingerprint density at radius 3 is 2.42 bits per heavy atom. The standard InChI is InChI=1S/C19H16FNO3S2/c20-19(13-10-11-14(22)12-13,26(23,24)15-6-2-1-3-7-15)18-21-16-8-4-5-9-17(16)25-18/h1-9,13H,10-12H2. The van der Waals surface area contributed by atoms with E-state index >= 15 is 4.39 Å². The number of hydrogen-bond acceptors (Lipinski definition) is 5. The van der Waals surface area contributed by atoms with Gasteiger partial charge < -0.3 is 0 Å². The molecule has 0 aliphatic heterocycles. The maximum atomic E-state index is 16.5. The number of aromatic nitrogens is 1. The van der Waals surface area contributed by atoms with E-state index < -0.39 is 20.8 Å². The Bertz CT molecular complexity index is 1050. The summed E-state index contributed by atoms with van der Waals surface area (Å²) in [7, 11) is -4.38. The van der Waals surface area contributed by atoms with Crippen molar-refractivity contribution in [2.75, 3.05) is 0 Å². The van der Waals surface area contributed by atoms with Crippen LogP contribution in [0.5, 0.6) is 0 Å². The second-order valence-corrected chi connectivity index (χ2v) is 9.53. The van der Waals surface area contributed by atoms with Gasteiger partial charge in [0.15, 0.2) is 0 Å². The zero-order chi connectivity index (χ0) is 18.4. The van der Waals surface area contributed by atoms with E-state index in [-0.39, 0.29) is 34.9 Å². The molecule has 1 aliphatic carbocycles. The fraction of sp³-hybridized carbons (Fsp3) is 0.263. The third kappa shape index (κ3) is 2.57. The number of carbonyl (C=O) groups excluding carboxylic acids is 1. The average Bonchev–Trinajstić information content (AvgIpc) is 3.28. The maximum Gasteiger partial charge on any atom is 0.269 e. The van der Waals surface area contributed by atoms with Crippen LogP contribution in [0.25, 0.3) is 10.2 Å². The van der Waals surface area contributed by atoms with Crippen molar-refractivity contribution >= 4 is 37.2 Å². The number of sulfone groups is 1. The Hall–Kier alpha value is -2.12. The van der Waals surface area contributed by atoms with Gasteiger partial charge in [0, 0.05) is 18.8 Å². The molecule has 0 N–H and O–H groups in total. The van der Waals surface area contributed by atoms with Crippen LogP contribution in [0.1, 0.15) is 24.3 Å². The van der Waals surface area contributed by atoms with E-state index in [2.05, 4.69) is 4.98 Å². The summed E-state index contributed by atoms with van der Waals surface area (Å²) >= 11 is 1.04. The van der Waals surface area contributed by atoms with Crippen molar-refractivity contribution in [3.8, 4) is 0 Å². The first-order valence-electron chi connectivity index (χ1n) is 8.29. The van der Waals surface area contributed by atoms with Crippen LogP contribution in [-0.2, 0) is 19.6 Å². The molecule has 1 saturated carbocycles. The molecule has 0 amide bonds. The maximum absolute atomic E-state index is 16.5. The number of ketones is 1. The van der Waals surface area contributed by atoms with Crippen molar-refractivity contribution in [2.45, 2.75) is 29.2 Å². The van der Waals surface area contributed by atoms with Gasteiger partial charge in [0.25, 0.3) is 5.00 Å². The largest absolute Gasteiger partial charge is 0.300 e. The van der Waals surface area contributed by atoms with Crippen molar-refractivity contribution in [3.05, 3.63) is 59.6 Å². The molecule has 2 aromatic carbocycles. The molecule has 4 nitrogen and oxygen atoms in total. The normalized spacial score (nSPS) is 20.3. The minimum atomic E-state index is -4.38. The van der Waals surface area contributed by atoms with Gasteiger partial charge in [0.2, 0.25) is 9.84 Å². The van der Waals surface area contributed by atoms with Crippen molar-refractivity contribution in [2.24, 2.45) is 5.92 Å². The lowest BCUT2D eigenvalue weighted by molar-refractivity contribution is -0.117. The zero-order valence-corrected chi connectivity index (χ0v) is 15.4. The van der Waals surface area contributed by atoms with E-state index in [1.807, 2.05) is 0 Å². The van der Waals surface area contributed by atoms with Gasteiger partial charge in [-0.05, 0) is 30.7 Å². The SMILES string of the molecule is O=C1CCC(C(F)(c2nc3ccccc3s2)S(=O)(=O)c2ccccc2)C1. The minimum absolute atomic E-state index is 0.0848. The molecule has 1 fully saturated rings. The highest BCUT2D eigenvalue weighted by molar-refractivity contribution is 7.92. The van der Waals surface area contributed by atoms with Crippen LogP contribution in [-0.4, -0.2) is 19.2 Å². The minimum Gasteiger partial charge on any atom is -0.300 e. The fourth-order valence-electron chi connectivity index (χ4n) is 3.43. The Morgan fingerprint density at radius 1 is 1.08 bits per heavy atom. The number of hydrogen-bond donors (Lipinski definition) is 0. The molecule has 0 spiro atoms. The summed E-state index contributed by atoms with van der Waals surface area (Å²) in [6, 6.07) is 14.6. The highest BCUT2D eigenvalue weighted by atomic mass is 32.2. The molecule has 2 atom stereocenters. The number of rotatable bonds is 4. The first-order chi connectivity index (χ1) is 12.4. The van der Waals surface area contributed by atoms with Crippen LogP contribution in [0, 0.1) is 5.92 Å². The van der Waals surface area contributed by atoms with Crippen molar-refractivity contribution in [1.29, 1.82) is 0 Å². The molecule has 3 aromatic rings. The van der Waals surface area contributed by atoms with Gasteiger partial charge in [-0.3, -0.25) is 4.79 Å². The Morgan fingerprint density at radius 2 is 1.77 bits per heavy atom. The van der Waals surface area contributed by atoms with E-state index in [1.54, 1.807) is 42.5 Å². The highest BCUT2D eigenvalue weighted by Crippen LogP contribution is 2.50. The molecule has 2 unspecified atom stereocenters.